The quantitative estimate of drug-likeness (QED) is 0.0206. The normalized spacial score (nSPS) is 37.5. The molecule has 3 amide bonds. The molecular weight excluding hydrogens is 1450 g/mol. The molecule has 0 aromatic heterocycles. The fraction of sp³-hybridized carbons (Fsp3) is 0.925. The maximum Gasteiger partial charge on any atom is 0.407 e. The van der Waals surface area contributed by atoms with Crippen molar-refractivity contribution in [1.29, 1.82) is 0 Å². The first-order valence-corrected chi connectivity index (χ1v) is 32.6. The minimum Gasteiger partial charge on any atom is -0.479 e. The number of ether oxygens (including phenoxy) is 7. The SMILES string of the molecule is CC(C)(C)OC(=O)N[C@H]1CC(N=[N+]=[N-])[C@@H](O[C@H]2OC(CO)[C@@H](O)[C@H](O)C2N=[N+]=[N-])[C@H](O)C1O.NCC[C@H](O)C(=O)N[C@@H]1CC(N)[C@@H](O[C@H]2OC(CO)[C@@H](O)[C@H](O)C2N)[C@H](O)C1O.[N-]=[N+]=NCC[C@H](O)C(=O)N[C@@H]1CC(N=[N+]=[N-])[C@@H](O[C@H]2OC(CO)[C@@H](O)[C@H](O)C2N=[N+]=[N-])[C@H](O)C1O.[N-]=[N+]=NCC[C@H](O)C(=O)O. The molecule has 107 heavy (non-hydrogen) atoms. The van der Waals surface area contributed by atoms with E-state index in [9.17, 15) is 106 Å². The Balaban J connectivity index is 0.000000392. The highest BCUT2D eigenvalue weighted by atomic mass is 16.7. The fourth-order valence-electron chi connectivity index (χ4n) is 11.4. The Bertz CT molecular complexity index is 3110. The van der Waals surface area contributed by atoms with Crippen LogP contribution in [0, 0.1) is 0 Å². The molecule has 0 bridgehead atoms. The summed E-state index contributed by atoms with van der Waals surface area (Å²) in [6.45, 7) is 2.79. The number of carboxylic acid groups (broad SMARTS) is 1. The van der Waals surface area contributed by atoms with E-state index in [0.29, 0.717) is 0 Å². The van der Waals surface area contributed by atoms with Gasteiger partial charge in [0.25, 0.3) is 0 Å². The summed E-state index contributed by atoms with van der Waals surface area (Å²) < 4.78 is 38.1. The molecule has 606 valence electrons. The second-order valence-corrected chi connectivity index (χ2v) is 25.7. The molecule has 0 aromatic carbocycles. The third kappa shape index (κ3) is 26.9. The number of aliphatic hydroxyl groups is 18. The van der Waals surface area contributed by atoms with Crippen LogP contribution >= 0.6 is 0 Å². The molecule has 28 N–H and O–H groups in total. The lowest BCUT2D eigenvalue weighted by Gasteiger charge is -2.46. The predicted molar refractivity (Wildman–Crippen MR) is 349 cm³/mol. The zero-order valence-corrected chi connectivity index (χ0v) is 57.3. The summed E-state index contributed by atoms with van der Waals surface area (Å²) in [4.78, 5) is 61.5. The van der Waals surface area contributed by atoms with E-state index in [1.807, 2.05) is 0 Å². The minimum atomic E-state index is -1.81. The van der Waals surface area contributed by atoms with Crippen molar-refractivity contribution in [2.45, 2.75) is 266 Å². The second-order valence-electron chi connectivity index (χ2n) is 25.7. The number of amides is 3. The van der Waals surface area contributed by atoms with Crippen LogP contribution in [0.3, 0.4) is 0 Å². The molecule has 54 heteroatoms. The Morgan fingerprint density at radius 3 is 1.21 bits per heavy atom. The van der Waals surface area contributed by atoms with Crippen molar-refractivity contribution in [3.63, 3.8) is 0 Å². The zero-order valence-electron chi connectivity index (χ0n) is 57.3. The highest BCUT2D eigenvalue weighted by Gasteiger charge is 2.54. The fourth-order valence-corrected chi connectivity index (χ4v) is 11.4. The van der Waals surface area contributed by atoms with Crippen LogP contribution in [0.15, 0.2) is 30.7 Å². The molecule has 3 aliphatic heterocycles. The molecule has 33 atom stereocenters. The van der Waals surface area contributed by atoms with Gasteiger partial charge in [0.15, 0.2) is 25.0 Å². The Morgan fingerprint density at radius 2 is 0.832 bits per heavy atom. The van der Waals surface area contributed by atoms with Gasteiger partial charge in [0.1, 0.15) is 115 Å². The van der Waals surface area contributed by atoms with Crippen molar-refractivity contribution in [2.75, 3.05) is 39.5 Å². The smallest absolute Gasteiger partial charge is 0.407 e. The lowest BCUT2D eigenvalue weighted by atomic mass is 9.83. The molecule has 3 heterocycles. The number of aliphatic hydroxyl groups excluding tert-OH is 18. The summed E-state index contributed by atoms with van der Waals surface area (Å²) in [5, 5.41) is 215. The van der Waals surface area contributed by atoms with E-state index < -0.39 is 251 Å². The summed E-state index contributed by atoms with van der Waals surface area (Å²) in [5.41, 5.74) is 67.8. The van der Waals surface area contributed by atoms with Gasteiger partial charge in [-0.2, -0.15) is 0 Å². The number of carbonyl (C=O) groups excluding carboxylic acids is 3. The van der Waals surface area contributed by atoms with Crippen LogP contribution in [-0.4, -0.2) is 367 Å². The van der Waals surface area contributed by atoms with Gasteiger partial charge in [0, 0.05) is 48.6 Å². The van der Waals surface area contributed by atoms with E-state index in [0.717, 1.165) is 0 Å². The maximum absolute atomic E-state index is 12.2. The molecule has 0 radical (unpaired) electrons. The van der Waals surface area contributed by atoms with E-state index in [-0.39, 0.29) is 58.2 Å². The summed E-state index contributed by atoms with van der Waals surface area (Å²) in [6, 6.07) is -10.7. The molecule has 3 saturated carbocycles. The second kappa shape index (κ2) is 45.4. The van der Waals surface area contributed by atoms with Crippen molar-refractivity contribution in [3.05, 3.63) is 62.7 Å². The van der Waals surface area contributed by atoms with Crippen molar-refractivity contribution in [3.8, 4) is 0 Å². The standard InChI is InChI=1S/C17H29N7O9.C16H26N10O9.C16H32N4O9.C4H7N3O3/c1-17(2,3)33-16(30)20-6-4-7(21-23-18)14(13(29)10(6)26)32-15-9(22-24-19)12(28)11(27)8(5-25)31-15;17-24-20-2-1-7(28)15(33)21-5-3-6(22-25-18)14(13(32)10(5)29)35-16-9(23-26-19)12(31)11(30)8(4-27)34-16;17-2-1-7(22)15(27)20-6-3-5(18)14(13(26)10(6)23)29-16-9(19)12(25)11(24)8(4-21)28-16;5-7-6-2-1-3(8)4(9)10/h6-15,25-29H,4-5H2,1-3H3,(H,20,30);5-14,16,27-32H,1-4H2,(H,21,33);5-14,16,21-26H,1-4,17-19H2,(H,20,27);3,8H,1-2H2,(H,9,10)/t6-,7?,8?,9?,10?,11+,12+,13+,14+,15+;5-,6?,7+,8?,9?,10?,11-,12-,13-,14-,16-;5?,6-,7+,8?,9?,10?,11-,12-,13-,14-,16-;3-/m0110/s1. The van der Waals surface area contributed by atoms with Gasteiger partial charge in [0.2, 0.25) is 11.8 Å². The molecule has 6 fully saturated rings. The van der Waals surface area contributed by atoms with Gasteiger partial charge in [0.05, 0.1) is 80.5 Å². The summed E-state index contributed by atoms with van der Waals surface area (Å²) >= 11 is 0. The van der Waals surface area contributed by atoms with Gasteiger partial charge in [-0.25, -0.2) is 9.59 Å². The van der Waals surface area contributed by atoms with Gasteiger partial charge in [-0.1, -0.05) is 30.7 Å². The number of rotatable bonds is 27. The molecule has 3 aliphatic carbocycles. The van der Waals surface area contributed by atoms with E-state index in [2.05, 4.69) is 76.1 Å². The Kier molecular flexibility index (Phi) is 39.8. The van der Waals surface area contributed by atoms with E-state index in [1.165, 1.54) is 0 Å². The van der Waals surface area contributed by atoms with Crippen LogP contribution < -0.4 is 33.2 Å². The van der Waals surface area contributed by atoms with Gasteiger partial charge >= 0.3 is 12.1 Å². The molecule has 12 unspecified atom stereocenters. The lowest BCUT2D eigenvalue weighted by molar-refractivity contribution is -0.294. The largest absolute Gasteiger partial charge is 0.479 e. The van der Waals surface area contributed by atoms with Crippen LogP contribution in [0.1, 0.15) is 59.3 Å². The number of nitrogens with one attached hydrogen (secondary N) is 3. The summed E-state index contributed by atoms with van der Waals surface area (Å²) in [5.74, 6) is -2.98. The first-order valence-electron chi connectivity index (χ1n) is 32.6. The predicted octanol–water partition coefficient (Wildman–Crippen LogP) is -9.06. The minimum absolute atomic E-state index is 0.000539. The topological polar surface area (TPSA) is 924 Å². The van der Waals surface area contributed by atoms with Crippen molar-refractivity contribution in [2.24, 2.45) is 47.9 Å². The van der Waals surface area contributed by atoms with Crippen LogP contribution in [0.25, 0.3) is 62.7 Å². The number of aliphatic carboxylic acids is 1. The van der Waals surface area contributed by atoms with Crippen molar-refractivity contribution >= 4 is 23.9 Å². The van der Waals surface area contributed by atoms with Crippen molar-refractivity contribution < 1.29 is 149 Å². The Morgan fingerprint density at radius 1 is 0.477 bits per heavy atom. The number of hydrogen-bond donors (Lipinski definition) is 25. The average molecular weight is 1550 g/mol. The number of alkyl carbamates (subject to hydrolysis) is 1. The van der Waals surface area contributed by atoms with Crippen LogP contribution in [0.5, 0.6) is 0 Å². The molecule has 54 nitrogen and oxygen atoms in total. The molecule has 3 saturated heterocycles. The van der Waals surface area contributed by atoms with Crippen LogP contribution in [0.4, 0.5) is 4.79 Å². The van der Waals surface area contributed by atoms with E-state index in [4.69, 9.17) is 93.8 Å². The monoisotopic (exact) mass is 1550 g/mol. The number of hydrogen-bond acceptors (Lipinski definition) is 38. The number of carbonyl (C=O) groups is 4. The van der Waals surface area contributed by atoms with Gasteiger partial charge in [-0.05, 0) is 99.0 Å². The summed E-state index contributed by atoms with van der Waals surface area (Å²) in [6.07, 6.45) is -37.6. The number of azide groups is 6. The molecule has 6 aliphatic rings. The first-order chi connectivity index (χ1) is 50.4. The highest BCUT2D eigenvalue weighted by molar-refractivity contribution is 5.81. The first kappa shape index (κ1) is 93.7. The molecule has 0 aromatic rings. The van der Waals surface area contributed by atoms with Crippen molar-refractivity contribution in [1.82, 2.24) is 16.0 Å². The van der Waals surface area contributed by atoms with Crippen LogP contribution in [0.2, 0.25) is 0 Å². The summed E-state index contributed by atoms with van der Waals surface area (Å²) in [7, 11) is 0. The van der Waals surface area contributed by atoms with E-state index >= 15 is 0 Å². The number of nitrogens with two attached hydrogens (primary N) is 3. The van der Waals surface area contributed by atoms with Crippen LogP contribution in [-0.2, 0) is 47.5 Å². The van der Waals surface area contributed by atoms with E-state index in [1.54, 1.807) is 20.8 Å². The number of carboxylic acids is 1. The number of nitrogens with zero attached hydrogens (tertiary/aromatic N) is 18. The zero-order chi connectivity index (χ0) is 80.9. The Labute approximate surface area is 604 Å². The Hall–Kier alpha value is -7.54. The third-order valence-corrected chi connectivity index (χ3v) is 17.1. The lowest BCUT2D eigenvalue weighted by Crippen LogP contribution is -2.68. The third-order valence-electron chi connectivity index (χ3n) is 17.1. The molecular formula is C53H94N24O30. The average Bonchev–Trinajstić information content (AvgIpc) is 0.791. The highest BCUT2D eigenvalue weighted by Crippen LogP contribution is 2.35. The molecule has 0 spiro atoms. The van der Waals surface area contributed by atoms with Gasteiger partial charge in [-0.3, -0.25) is 9.59 Å². The maximum atomic E-state index is 12.2. The van der Waals surface area contributed by atoms with Gasteiger partial charge in [-0.15, -0.1) is 0 Å². The molecule has 6 rings (SSSR count). The van der Waals surface area contributed by atoms with Gasteiger partial charge < -0.3 is 163 Å².